The Morgan fingerprint density at radius 1 is 1.39 bits per heavy atom. The minimum Gasteiger partial charge on any atom is -0.298 e. The molecule has 1 aromatic carbocycles. The van der Waals surface area contributed by atoms with Gasteiger partial charge >= 0.3 is 0 Å². The molecule has 0 radical (unpaired) electrons. The standard InChI is InChI=1S/C13H15NO3S/c15-8-11-5-6-13(12(7-11)14(16)17)18-9-10-3-1-2-4-10/h5-8,10H,1-4,9H2. The van der Waals surface area contributed by atoms with Crippen LogP contribution in [-0.2, 0) is 0 Å². The number of rotatable bonds is 5. The van der Waals surface area contributed by atoms with Gasteiger partial charge in [-0.15, -0.1) is 11.8 Å². The fraction of sp³-hybridized carbons (Fsp3) is 0.462. The second-order valence-corrected chi connectivity index (χ2v) is 5.63. The van der Waals surface area contributed by atoms with Gasteiger partial charge < -0.3 is 0 Å². The second kappa shape index (κ2) is 6.00. The van der Waals surface area contributed by atoms with Crippen LogP contribution in [0, 0.1) is 16.0 Å². The molecule has 0 atom stereocenters. The van der Waals surface area contributed by atoms with Crippen molar-refractivity contribution >= 4 is 23.7 Å². The largest absolute Gasteiger partial charge is 0.298 e. The summed E-state index contributed by atoms with van der Waals surface area (Å²) < 4.78 is 0. The maximum absolute atomic E-state index is 11.0. The van der Waals surface area contributed by atoms with E-state index in [-0.39, 0.29) is 5.69 Å². The fourth-order valence-corrected chi connectivity index (χ4v) is 3.45. The fourth-order valence-electron chi connectivity index (χ4n) is 2.26. The minimum absolute atomic E-state index is 0.0441. The average molecular weight is 265 g/mol. The number of carbonyl (C=O) groups is 1. The Balaban J connectivity index is 2.10. The average Bonchev–Trinajstić information content (AvgIpc) is 2.89. The third-order valence-electron chi connectivity index (χ3n) is 3.27. The molecule has 0 heterocycles. The van der Waals surface area contributed by atoms with Crippen LogP contribution in [0.5, 0.6) is 0 Å². The first kappa shape index (κ1) is 13.1. The number of nitrogens with zero attached hydrogens (tertiary/aromatic N) is 1. The van der Waals surface area contributed by atoms with Crippen molar-refractivity contribution in [1.29, 1.82) is 0 Å². The first-order chi connectivity index (χ1) is 8.70. The number of aldehydes is 1. The Morgan fingerprint density at radius 3 is 2.72 bits per heavy atom. The molecule has 0 amide bonds. The van der Waals surface area contributed by atoms with E-state index in [1.165, 1.54) is 43.5 Å². The van der Waals surface area contributed by atoms with Crippen LogP contribution in [0.15, 0.2) is 23.1 Å². The number of nitro groups is 1. The molecule has 0 bridgehead atoms. The van der Waals surface area contributed by atoms with E-state index in [0.717, 1.165) is 5.75 Å². The maximum Gasteiger partial charge on any atom is 0.283 e. The Bertz CT molecular complexity index is 456. The molecule has 0 aliphatic heterocycles. The van der Waals surface area contributed by atoms with Crippen LogP contribution in [0.4, 0.5) is 5.69 Å². The highest BCUT2D eigenvalue weighted by molar-refractivity contribution is 7.99. The highest BCUT2D eigenvalue weighted by Crippen LogP contribution is 2.35. The maximum atomic E-state index is 11.0. The summed E-state index contributed by atoms with van der Waals surface area (Å²) in [6.07, 6.45) is 5.65. The lowest BCUT2D eigenvalue weighted by atomic mass is 10.1. The van der Waals surface area contributed by atoms with Crippen molar-refractivity contribution in [3.63, 3.8) is 0 Å². The highest BCUT2D eigenvalue weighted by atomic mass is 32.2. The summed E-state index contributed by atoms with van der Waals surface area (Å²) >= 11 is 1.53. The van der Waals surface area contributed by atoms with Gasteiger partial charge in [0.1, 0.15) is 6.29 Å². The van der Waals surface area contributed by atoms with E-state index in [1.54, 1.807) is 12.1 Å². The molecule has 1 fully saturated rings. The topological polar surface area (TPSA) is 60.2 Å². The Hall–Kier alpha value is -1.36. The van der Waals surface area contributed by atoms with E-state index >= 15 is 0 Å². The van der Waals surface area contributed by atoms with E-state index in [0.29, 0.717) is 22.7 Å². The smallest absolute Gasteiger partial charge is 0.283 e. The van der Waals surface area contributed by atoms with Gasteiger partial charge in [-0.05, 0) is 24.8 Å². The summed E-state index contributed by atoms with van der Waals surface area (Å²) in [6, 6.07) is 4.67. The lowest BCUT2D eigenvalue weighted by Crippen LogP contribution is -1.98. The zero-order valence-corrected chi connectivity index (χ0v) is 10.8. The van der Waals surface area contributed by atoms with Crippen LogP contribution in [0.3, 0.4) is 0 Å². The molecule has 0 unspecified atom stereocenters. The predicted octanol–water partition coefficient (Wildman–Crippen LogP) is 3.69. The molecule has 0 spiro atoms. The zero-order valence-electron chi connectivity index (χ0n) is 10.0. The van der Waals surface area contributed by atoms with Gasteiger partial charge in [-0.25, -0.2) is 0 Å². The molecule has 96 valence electrons. The van der Waals surface area contributed by atoms with Gasteiger partial charge in [-0.3, -0.25) is 14.9 Å². The van der Waals surface area contributed by atoms with Crippen LogP contribution in [0.1, 0.15) is 36.0 Å². The van der Waals surface area contributed by atoms with Crippen molar-refractivity contribution in [2.75, 3.05) is 5.75 Å². The quantitative estimate of drug-likeness (QED) is 0.352. The van der Waals surface area contributed by atoms with Crippen LogP contribution in [0.2, 0.25) is 0 Å². The summed E-state index contributed by atoms with van der Waals surface area (Å²) in [5.41, 5.74) is 0.398. The molecular weight excluding hydrogens is 250 g/mol. The van der Waals surface area contributed by atoms with E-state index < -0.39 is 4.92 Å². The summed E-state index contributed by atoms with van der Waals surface area (Å²) in [4.78, 5) is 21.8. The van der Waals surface area contributed by atoms with Gasteiger partial charge in [0.2, 0.25) is 0 Å². The third-order valence-corrected chi connectivity index (χ3v) is 4.56. The monoisotopic (exact) mass is 265 g/mol. The molecule has 1 aliphatic rings. The van der Waals surface area contributed by atoms with Gasteiger partial charge in [0, 0.05) is 17.4 Å². The number of thioether (sulfide) groups is 1. The SMILES string of the molecule is O=Cc1ccc(SCC2CCCC2)c([N+](=O)[O-])c1. The van der Waals surface area contributed by atoms with Gasteiger partial charge in [0.25, 0.3) is 5.69 Å². The van der Waals surface area contributed by atoms with Gasteiger partial charge in [0.05, 0.1) is 9.82 Å². The van der Waals surface area contributed by atoms with Crippen LogP contribution < -0.4 is 0 Å². The third kappa shape index (κ3) is 3.10. The molecule has 1 aliphatic carbocycles. The Kier molecular flexibility index (Phi) is 4.36. The summed E-state index contributed by atoms with van der Waals surface area (Å²) in [5.74, 6) is 1.61. The van der Waals surface area contributed by atoms with Crippen molar-refractivity contribution in [2.24, 2.45) is 5.92 Å². The van der Waals surface area contributed by atoms with Crippen molar-refractivity contribution in [3.05, 3.63) is 33.9 Å². The number of hydrogen-bond donors (Lipinski definition) is 0. The van der Waals surface area contributed by atoms with E-state index in [1.807, 2.05) is 0 Å². The summed E-state index contributed by atoms with van der Waals surface area (Å²) in [7, 11) is 0. The normalized spacial score (nSPS) is 15.8. The van der Waals surface area contributed by atoms with Gasteiger partial charge in [0.15, 0.2) is 0 Å². The highest BCUT2D eigenvalue weighted by Gasteiger charge is 2.19. The number of carbonyl (C=O) groups excluding carboxylic acids is 1. The molecule has 1 saturated carbocycles. The molecule has 0 N–H and O–H groups in total. The zero-order chi connectivity index (χ0) is 13.0. The first-order valence-corrected chi connectivity index (χ1v) is 7.05. The molecule has 4 nitrogen and oxygen atoms in total. The van der Waals surface area contributed by atoms with Crippen LogP contribution in [-0.4, -0.2) is 17.0 Å². The molecule has 1 aromatic rings. The van der Waals surface area contributed by atoms with Crippen LogP contribution >= 0.6 is 11.8 Å². The molecule has 2 rings (SSSR count). The number of benzene rings is 1. The van der Waals surface area contributed by atoms with Crippen molar-refractivity contribution < 1.29 is 9.72 Å². The molecule has 18 heavy (non-hydrogen) atoms. The second-order valence-electron chi connectivity index (χ2n) is 4.56. The molecule has 0 saturated heterocycles. The summed E-state index contributed by atoms with van der Waals surface area (Å²) in [6.45, 7) is 0. The van der Waals surface area contributed by atoms with E-state index in [2.05, 4.69) is 0 Å². The van der Waals surface area contributed by atoms with Crippen molar-refractivity contribution in [3.8, 4) is 0 Å². The minimum atomic E-state index is -0.413. The van der Waals surface area contributed by atoms with Crippen LogP contribution in [0.25, 0.3) is 0 Å². The first-order valence-electron chi connectivity index (χ1n) is 6.07. The van der Waals surface area contributed by atoms with Crippen molar-refractivity contribution in [2.45, 2.75) is 30.6 Å². The van der Waals surface area contributed by atoms with Crippen molar-refractivity contribution in [1.82, 2.24) is 0 Å². The van der Waals surface area contributed by atoms with Gasteiger partial charge in [-0.1, -0.05) is 18.9 Å². The number of nitro benzene ring substituents is 1. The number of hydrogen-bond acceptors (Lipinski definition) is 4. The Morgan fingerprint density at radius 2 is 2.11 bits per heavy atom. The predicted molar refractivity (Wildman–Crippen MR) is 71.2 cm³/mol. The lowest BCUT2D eigenvalue weighted by molar-refractivity contribution is -0.387. The molecule has 5 heteroatoms. The molecule has 0 aromatic heterocycles. The lowest BCUT2D eigenvalue weighted by Gasteiger charge is -2.08. The van der Waals surface area contributed by atoms with E-state index in [9.17, 15) is 14.9 Å². The Labute approximate surface area is 110 Å². The van der Waals surface area contributed by atoms with Gasteiger partial charge in [-0.2, -0.15) is 0 Å². The van der Waals surface area contributed by atoms with E-state index in [4.69, 9.17) is 0 Å². The molecular formula is C13H15NO3S. The summed E-state index contributed by atoms with van der Waals surface area (Å²) in [5, 5.41) is 11.0.